The van der Waals surface area contributed by atoms with E-state index in [0.717, 1.165) is 44.2 Å². The first kappa shape index (κ1) is 27.5. The summed E-state index contributed by atoms with van der Waals surface area (Å²) < 4.78 is 1.62. The molecular weight excluding hydrogens is 532 g/mol. The van der Waals surface area contributed by atoms with Gasteiger partial charge in [-0.15, -0.1) is 4.68 Å². The van der Waals surface area contributed by atoms with Crippen LogP contribution in [-0.2, 0) is 9.59 Å². The summed E-state index contributed by atoms with van der Waals surface area (Å²) in [5.41, 5.74) is 2.05. The molecule has 0 radical (unpaired) electrons. The second kappa shape index (κ2) is 12.4. The van der Waals surface area contributed by atoms with Gasteiger partial charge >= 0.3 is 5.97 Å². The average Bonchev–Trinajstić information content (AvgIpc) is 3.51. The van der Waals surface area contributed by atoms with Crippen molar-refractivity contribution in [3.63, 3.8) is 0 Å². The van der Waals surface area contributed by atoms with E-state index in [1.165, 1.54) is 31.0 Å². The largest absolute Gasteiger partial charge is 0.478 e. The maximum Gasteiger partial charge on any atom is 0.335 e. The summed E-state index contributed by atoms with van der Waals surface area (Å²) in [5, 5.41) is 23.0. The number of carboxylic acid groups (broad SMARTS) is 1. The monoisotopic (exact) mass is 563 g/mol. The lowest BCUT2D eigenvalue weighted by Gasteiger charge is -2.44. The fraction of sp³-hybridized carbons (Fsp3) is 0.379. The standard InChI is InChI=1S/C29H31ClN6O4/c30-22-11-14-25(36-18-31-33-34-36)21(17-22)10-15-26(37)35-16-4-7-24(19-5-2-1-3-6-19)27(35)28(38)32-23-12-8-20(9-13-23)29(39)40/h8-15,17-19,24,27H,1-7,16H2,(H2,32,38,39,40)/p+1/b15-10+. The number of carbonyl (C=O) groups is 3. The number of nitrogens with one attached hydrogen (secondary N) is 2. The molecule has 2 aliphatic rings. The number of anilines is 1. The van der Waals surface area contributed by atoms with Crippen LogP contribution in [-0.4, -0.2) is 55.9 Å². The minimum atomic E-state index is -1.03. The molecule has 208 valence electrons. The number of amides is 2. The van der Waals surface area contributed by atoms with Gasteiger partial charge in [-0.2, -0.15) is 0 Å². The summed E-state index contributed by atoms with van der Waals surface area (Å²) >= 11 is 6.25. The lowest BCUT2D eigenvalue weighted by Crippen LogP contribution is -2.55. The molecule has 11 heteroatoms. The minimum Gasteiger partial charge on any atom is -0.478 e. The van der Waals surface area contributed by atoms with Crippen LogP contribution in [0, 0.1) is 11.8 Å². The number of aromatic amines is 1. The summed E-state index contributed by atoms with van der Waals surface area (Å²) in [6, 6.07) is 10.7. The molecule has 5 rings (SSSR count). The van der Waals surface area contributed by atoms with E-state index in [9.17, 15) is 19.5 Å². The number of rotatable bonds is 7. The normalized spacial score (nSPS) is 20.0. The molecule has 3 aromatic rings. The molecule has 0 spiro atoms. The van der Waals surface area contributed by atoms with Crippen LogP contribution in [0.4, 0.5) is 5.69 Å². The van der Waals surface area contributed by atoms with Crippen molar-refractivity contribution in [1.29, 1.82) is 0 Å². The number of carboxylic acids is 1. The Labute approximate surface area is 237 Å². The van der Waals surface area contributed by atoms with Gasteiger partial charge in [0.15, 0.2) is 5.21 Å². The van der Waals surface area contributed by atoms with Crippen molar-refractivity contribution in [3.05, 3.63) is 71.0 Å². The molecule has 2 amide bonds. The first-order chi connectivity index (χ1) is 19.4. The van der Waals surface area contributed by atoms with Gasteiger partial charge in [0.2, 0.25) is 11.8 Å². The Hall–Kier alpha value is -4.05. The van der Waals surface area contributed by atoms with Gasteiger partial charge < -0.3 is 15.3 Å². The molecule has 1 saturated carbocycles. The highest BCUT2D eigenvalue weighted by molar-refractivity contribution is 6.30. The Morgan fingerprint density at radius 2 is 1.82 bits per heavy atom. The number of hydrogen-bond acceptors (Lipinski definition) is 5. The second-order valence-electron chi connectivity index (χ2n) is 10.4. The molecule has 2 aromatic carbocycles. The quantitative estimate of drug-likeness (QED) is 0.290. The zero-order chi connectivity index (χ0) is 28.1. The summed E-state index contributed by atoms with van der Waals surface area (Å²) in [7, 11) is 0. The topological polar surface area (TPSA) is 132 Å². The molecule has 0 bridgehead atoms. The molecular formula is C29H32ClN6O4+. The predicted octanol–water partition coefficient (Wildman–Crippen LogP) is 4.27. The molecule has 2 atom stereocenters. The van der Waals surface area contributed by atoms with Crippen LogP contribution >= 0.6 is 11.6 Å². The highest BCUT2D eigenvalue weighted by atomic mass is 35.5. The van der Waals surface area contributed by atoms with E-state index in [1.54, 1.807) is 46.0 Å². The van der Waals surface area contributed by atoms with Crippen LogP contribution in [0.3, 0.4) is 0 Å². The van der Waals surface area contributed by atoms with Gasteiger partial charge in [-0.05, 0) is 73.2 Å². The van der Waals surface area contributed by atoms with Gasteiger partial charge in [0.05, 0.1) is 5.56 Å². The zero-order valence-electron chi connectivity index (χ0n) is 22.0. The molecule has 2 heterocycles. The Morgan fingerprint density at radius 1 is 1.05 bits per heavy atom. The molecule has 3 N–H and O–H groups in total. The van der Waals surface area contributed by atoms with Gasteiger partial charge in [-0.3, -0.25) is 9.59 Å². The number of carbonyl (C=O) groups excluding carboxylic acids is 2. The molecule has 10 nitrogen and oxygen atoms in total. The molecule has 1 aliphatic carbocycles. The van der Waals surface area contributed by atoms with Crippen molar-refractivity contribution in [2.45, 2.75) is 51.0 Å². The van der Waals surface area contributed by atoms with E-state index < -0.39 is 12.0 Å². The number of aromatic nitrogens is 4. The highest BCUT2D eigenvalue weighted by Gasteiger charge is 2.42. The Bertz CT molecular complexity index is 1390. The summed E-state index contributed by atoms with van der Waals surface area (Å²) in [6.45, 7) is 0.476. The Kier molecular flexibility index (Phi) is 8.54. The van der Waals surface area contributed by atoms with Crippen molar-refractivity contribution in [2.24, 2.45) is 11.8 Å². The van der Waals surface area contributed by atoms with Crippen molar-refractivity contribution in [3.8, 4) is 5.69 Å². The molecule has 1 saturated heterocycles. The number of benzene rings is 2. The number of piperidine rings is 1. The number of nitrogens with zero attached hydrogens (tertiary/aromatic N) is 4. The number of likely N-dealkylation sites (tertiary alicyclic amines) is 1. The van der Waals surface area contributed by atoms with Crippen LogP contribution in [0.5, 0.6) is 0 Å². The zero-order valence-corrected chi connectivity index (χ0v) is 22.8. The summed E-state index contributed by atoms with van der Waals surface area (Å²) in [6.07, 6.45) is 12.0. The predicted molar refractivity (Wildman–Crippen MR) is 149 cm³/mol. The first-order valence-electron chi connectivity index (χ1n) is 13.6. The molecule has 40 heavy (non-hydrogen) atoms. The van der Waals surface area contributed by atoms with Gasteiger partial charge in [-0.1, -0.05) is 48.9 Å². The van der Waals surface area contributed by atoms with Crippen molar-refractivity contribution < 1.29 is 24.2 Å². The van der Waals surface area contributed by atoms with Gasteiger partial charge in [-0.25, -0.2) is 4.79 Å². The lowest BCUT2D eigenvalue weighted by atomic mass is 9.72. The number of aromatic carboxylic acids is 1. The third-order valence-corrected chi connectivity index (χ3v) is 8.15. The molecule has 2 unspecified atom stereocenters. The maximum atomic E-state index is 13.8. The van der Waals surface area contributed by atoms with Gasteiger partial charge in [0.1, 0.15) is 16.8 Å². The van der Waals surface area contributed by atoms with E-state index in [4.69, 9.17) is 11.6 Å². The van der Waals surface area contributed by atoms with Crippen molar-refractivity contribution in [2.75, 3.05) is 11.9 Å². The van der Waals surface area contributed by atoms with Crippen LogP contribution in [0.2, 0.25) is 5.02 Å². The summed E-state index contributed by atoms with van der Waals surface area (Å²) in [5.74, 6) is -1.10. The minimum absolute atomic E-state index is 0.0537. The van der Waals surface area contributed by atoms with Crippen LogP contribution in [0.25, 0.3) is 11.8 Å². The first-order valence-corrected chi connectivity index (χ1v) is 14.0. The van der Waals surface area contributed by atoms with Gasteiger partial charge in [0.25, 0.3) is 6.33 Å². The fourth-order valence-corrected chi connectivity index (χ4v) is 6.19. The third kappa shape index (κ3) is 6.22. The average molecular weight is 564 g/mol. The second-order valence-corrected chi connectivity index (χ2v) is 10.8. The highest BCUT2D eigenvalue weighted by Crippen LogP contribution is 2.39. The van der Waals surface area contributed by atoms with E-state index in [2.05, 4.69) is 20.8 Å². The number of halogens is 1. The smallest absolute Gasteiger partial charge is 0.335 e. The fourth-order valence-electron chi connectivity index (χ4n) is 6.01. The lowest BCUT2D eigenvalue weighted by molar-refractivity contribution is -0.660. The maximum absolute atomic E-state index is 13.8. The van der Waals surface area contributed by atoms with E-state index in [0.29, 0.717) is 28.7 Å². The van der Waals surface area contributed by atoms with E-state index in [1.807, 2.05) is 0 Å². The number of H-pyrrole nitrogens is 1. The van der Waals surface area contributed by atoms with E-state index >= 15 is 0 Å². The van der Waals surface area contributed by atoms with Crippen molar-refractivity contribution >= 4 is 41.1 Å². The number of hydrogen-bond donors (Lipinski definition) is 3. The van der Waals surface area contributed by atoms with Crippen LogP contribution in [0.1, 0.15) is 60.9 Å². The number of tetrazole rings is 1. The van der Waals surface area contributed by atoms with Crippen LogP contribution in [0.15, 0.2) is 54.9 Å². The summed E-state index contributed by atoms with van der Waals surface area (Å²) in [4.78, 5) is 40.4. The third-order valence-electron chi connectivity index (χ3n) is 7.92. The van der Waals surface area contributed by atoms with E-state index in [-0.39, 0.29) is 23.3 Å². The molecule has 2 fully saturated rings. The molecule has 1 aromatic heterocycles. The Morgan fingerprint density at radius 3 is 2.52 bits per heavy atom. The Balaban J connectivity index is 1.41. The van der Waals surface area contributed by atoms with Gasteiger partial charge in [0, 0.05) is 28.9 Å². The van der Waals surface area contributed by atoms with Crippen molar-refractivity contribution in [1.82, 2.24) is 20.4 Å². The van der Waals surface area contributed by atoms with Crippen LogP contribution < -0.4 is 10.00 Å². The molecule has 1 aliphatic heterocycles. The SMILES string of the molecule is O=C(O)c1ccc(NC(=O)C2C(C3CCCCC3)CCCN2C(=O)/C=C/c2cc(Cl)ccc2-[n+]2cnn[nH]2)cc1.